The lowest BCUT2D eigenvalue weighted by atomic mass is 10.0. The Balaban J connectivity index is 1.98. The van der Waals surface area contributed by atoms with E-state index < -0.39 is 26.1 Å². The van der Waals surface area contributed by atoms with Crippen LogP contribution in [0.2, 0.25) is 0 Å². The average molecular weight is 442 g/mol. The van der Waals surface area contributed by atoms with Gasteiger partial charge in [0.15, 0.2) is 0 Å². The molecule has 2 aromatic carbocycles. The van der Waals surface area contributed by atoms with Crippen LogP contribution in [0.1, 0.15) is 49.7 Å². The lowest BCUT2D eigenvalue weighted by Crippen LogP contribution is -2.03. The first kappa shape index (κ1) is 22.9. The molecule has 0 bridgehead atoms. The highest BCUT2D eigenvalue weighted by Crippen LogP contribution is 2.45. The van der Waals surface area contributed by atoms with Crippen molar-refractivity contribution < 1.29 is 19.9 Å². The van der Waals surface area contributed by atoms with Gasteiger partial charge in [-0.05, 0) is 24.5 Å². The Bertz CT molecular complexity index is 1100. The molecule has 0 aliphatic heterocycles. The van der Waals surface area contributed by atoms with Crippen LogP contribution in [-0.4, -0.2) is 38.7 Å². The number of aliphatic hydroxyl groups excluding tert-OH is 1. The number of hydrogen-bond donors (Lipinski definition) is 1. The molecule has 0 amide bonds. The van der Waals surface area contributed by atoms with E-state index in [1.54, 1.807) is 0 Å². The number of rotatable bonds is 11. The molecule has 0 saturated heterocycles. The molecular formula is C21H22N4O7. The van der Waals surface area contributed by atoms with E-state index >= 15 is 0 Å². The van der Waals surface area contributed by atoms with Crippen molar-refractivity contribution >= 4 is 22.8 Å². The van der Waals surface area contributed by atoms with Crippen molar-refractivity contribution in [2.24, 2.45) is 4.99 Å². The first-order valence-electron chi connectivity index (χ1n) is 10.3. The number of nitro benzene ring substituents is 3. The second-order valence-electron chi connectivity index (χ2n) is 7.46. The average Bonchev–Trinajstić information content (AvgIpc) is 3.07. The van der Waals surface area contributed by atoms with E-state index in [0.717, 1.165) is 44.6 Å². The quantitative estimate of drug-likeness (QED) is 0.258. The Morgan fingerprint density at radius 3 is 1.97 bits per heavy atom. The number of aliphatic hydroxyl groups is 1. The third-order valence-corrected chi connectivity index (χ3v) is 5.34. The largest absolute Gasteiger partial charge is 0.396 e. The van der Waals surface area contributed by atoms with Gasteiger partial charge < -0.3 is 5.11 Å². The normalized spacial score (nSPS) is 13.1. The fraction of sp³-hybridized carbons (Fsp3) is 0.381. The predicted molar refractivity (Wildman–Crippen MR) is 117 cm³/mol. The van der Waals surface area contributed by atoms with Crippen LogP contribution in [-0.2, 0) is 0 Å². The van der Waals surface area contributed by atoms with Crippen LogP contribution in [0.5, 0.6) is 0 Å². The maximum absolute atomic E-state index is 11.7. The molecule has 3 rings (SSSR count). The minimum absolute atomic E-state index is 0.177. The van der Waals surface area contributed by atoms with Crippen LogP contribution in [0.4, 0.5) is 17.1 Å². The van der Waals surface area contributed by atoms with Gasteiger partial charge in [-0.1, -0.05) is 25.7 Å². The molecule has 0 aromatic heterocycles. The molecule has 1 aliphatic rings. The lowest BCUT2D eigenvalue weighted by molar-refractivity contribution is -0.393. The third-order valence-electron chi connectivity index (χ3n) is 5.34. The van der Waals surface area contributed by atoms with Crippen LogP contribution in [0, 0.1) is 30.3 Å². The summed E-state index contributed by atoms with van der Waals surface area (Å²) in [5, 5.41) is 43.1. The van der Waals surface area contributed by atoms with E-state index in [2.05, 4.69) is 4.99 Å². The minimum atomic E-state index is -0.706. The van der Waals surface area contributed by atoms with Crippen LogP contribution in [0.15, 0.2) is 35.3 Å². The summed E-state index contributed by atoms with van der Waals surface area (Å²) < 4.78 is 0. The highest BCUT2D eigenvalue weighted by molar-refractivity contribution is 6.26. The summed E-state index contributed by atoms with van der Waals surface area (Å²) in [6.45, 7) is 0.560. The highest BCUT2D eigenvalue weighted by Gasteiger charge is 2.35. The first-order chi connectivity index (χ1) is 15.3. The van der Waals surface area contributed by atoms with Crippen molar-refractivity contribution in [3.05, 3.63) is 71.8 Å². The molecule has 11 nitrogen and oxygen atoms in total. The summed E-state index contributed by atoms with van der Waals surface area (Å²) in [6.07, 6.45) is 5.31. The molecule has 2 aromatic rings. The molecule has 0 fully saturated rings. The van der Waals surface area contributed by atoms with Crippen LogP contribution in [0.3, 0.4) is 0 Å². The fourth-order valence-electron chi connectivity index (χ4n) is 3.83. The van der Waals surface area contributed by atoms with Gasteiger partial charge in [-0.3, -0.25) is 35.3 Å². The van der Waals surface area contributed by atoms with E-state index in [1.807, 2.05) is 0 Å². The Morgan fingerprint density at radius 1 is 0.719 bits per heavy atom. The molecule has 0 atom stereocenters. The number of non-ortho nitro benzene ring substituents is 2. The van der Waals surface area contributed by atoms with E-state index in [-0.39, 0.29) is 23.4 Å². The Kier molecular flexibility index (Phi) is 7.21. The summed E-state index contributed by atoms with van der Waals surface area (Å²) in [7, 11) is 0. The first-order valence-corrected chi connectivity index (χ1v) is 10.3. The Hall–Kier alpha value is -3.73. The molecular weight excluding hydrogens is 420 g/mol. The van der Waals surface area contributed by atoms with Gasteiger partial charge in [0.25, 0.3) is 17.1 Å². The molecule has 0 spiro atoms. The smallest absolute Gasteiger partial charge is 0.284 e. The number of aliphatic imine (C=N–C) groups is 1. The summed E-state index contributed by atoms with van der Waals surface area (Å²) in [5.41, 5.74) is 0.428. The summed E-state index contributed by atoms with van der Waals surface area (Å²) in [4.78, 5) is 36.8. The number of benzene rings is 2. The minimum Gasteiger partial charge on any atom is -0.396 e. The van der Waals surface area contributed by atoms with Gasteiger partial charge in [-0.15, -0.1) is 0 Å². The second kappa shape index (κ2) is 10.1. The van der Waals surface area contributed by atoms with E-state index in [9.17, 15) is 30.3 Å². The number of unbranched alkanes of at least 4 members (excludes halogenated alkanes) is 5. The summed E-state index contributed by atoms with van der Waals surface area (Å²) >= 11 is 0. The molecule has 0 saturated carbocycles. The van der Waals surface area contributed by atoms with Crippen molar-refractivity contribution in [2.75, 3.05) is 13.2 Å². The molecule has 11 heteroatoms. The molecule has 0 heterocycles. The molecule has 1 N–H and O–H groups in total. The van der Waals surface area contributed by atoms with Crippen LogP contribution >= 0.6 is 0 Å². The van der Waals surface area contributed by atoms with Crippen LogP contribution < -0.4 is 0 Å². The summed E-state index contributed by atoms with van der Waals surface area (Å²) in [6, 6.07) is 6.12. The molecule has 0 unspecified atom stereocenters. The van der Waals surface area contributed by atoms with Crippen molar-refractivity contribution in [3.63, 3.8) is 0 Å². The van der Waals surface area contributed by atoms with Crippen LogP contribution in [0.25, 0.3) is 11.1 Å². The SMILES string of the molecule is O=[N+]([O-])c1ccc2c(c1)/C(=N\CCCCCCCCO)c1cc([N+](=O)[O-])cc([N+](=O)[O-])c1-2. The topological polar surface area (TPSA) is 162 Å². The van der Waals surface area contributed by atoms with Gasteiger partial charge in [-0.25, -0.2) is 0 Å². The van der Waals surface area contributed by atoms with Crippen molar-refractivity contribution in [2.45, 2.75) is 38.5 Å². The van der Waals surface area contributed by atoms with E-state index in [0.29, 0.717) is 23.4 Å². The molecule has 32 heavy (non-hydrogen) atoms. The standard InChI is InChI=1S/C21H22N4O7/c26-10-6-4-2-1-3-5-9-22-21-17-11-14(23(27)28)7-8-16(17)20-18(21)12-15(24(29)30)13-19(20)25(31)32/h7-8,11-13,26H,1-6,9-10H2/b22-21+. The summed E-state index contributed by atoms with van der Waals surface area (Å²) in [5.74, 6) is 0. The zero-order chi connectivity index (χ0) is 23.3. The van der Waals surface area contributed by atoms with Crippen molar-refractivity contribution in [3.8, 4) is 11.1 Å². The van der Waals surface area contributed by atoms with Gasteiger partial charge in [-0.2, -0.15) is 0 Å². The fourth-order valence-corrected chi connectivity index (χ4v) is 3.83. The zero-order valence-corrected chi connectivity index (χ0v) is 17.2. The van der Waals surface area contributed by atoms with E-state index in [4.69, 9.17) is 5.11 Å². The third kappa shape index (κ3) is 4.78. The molecule has 168 valence electrons. The zero-order valence-electron chi connectivity index (χ0n) is 17.2. The maximum Gasteiger partial charge on any atom is 0.284 e. The monoisotopic (exact) mass is 442 g/mol. The number of nitrogens with zero attached hydrogens (tertiary/aromatic N) is 4. The van der Waals surface area contributed by atoms with E-state index in [1.165, 1.54) is 24.3 Å². The number of nitro groups is 3. The predicted octanol–water partition coefficient (Wildman–Crippen LogP) is 4.56. The van der Waals surface area contributed by atoms with Crippen molar-refractivity contribution in [1.29, 1.82) is 0 Å². The Labute approximate surface area is 182 Å². The van der Waals surface area contributed by atoms with Gasteiger partial charge in [0.1, 0.15) is 0 Å². The lowest BCUT2D eigenvalue weighted by Gasteiger charge is -2.04. The molecule has 0 radical (unpaired) electrons. The van der Waals surface area contributed by atoms with Gasteiger partial charge in [0.05, 0.1) is 32.1 Å². The number of hydrogen-bond acceptors (Lipinski definition) is 8. The maximum atomic E-state index is 11.7. The highest BCUT2D eigenvalue weighted by atomic mass is 16.6. The molecule has 1 aliphatic carbocycles. The number of fused-ring (bicyclic) bond motifs is 3. The van der Waals surface area contributed by atoms with Crippen molar-refractivity contribution in [1.82, 2.24) is 0 Å². The second-order valence-corrected chi connectivity index (χ2v) is 7.46. The van der Waals surface area contributed by atoms with Gasteiger partial charge in [0, 0.05) is 42.5 Å². The Morgan fingerprint density at radius 2 is 1.34 bits per heavy atom. The van der Waals surface area contributed by atoms with Gasteiger partial charge in [0.2, 0.25) is 0 Å². The van der Waals surface area contributed by atoms with Gasteiger partial charge >= 0.3 is 0 Å².